The quantitative estimate of drug-likeness (QED) is 0.796. The number of thiocarbonyl (C=S) groups is 1. The van der Waals surface area contributed by atoms with E-state index in [-0.39, 0.29) is 5.82 Å². The molecule has 0 bridgehead atoms. The Morgan fingerprint density at radius 2 is 1.95 bits per heavy atom. The molecule has 3 nitrogen and oxygen atoms in total. The molecule has 0 fully saturated rings. The molecule has 6 heteroatoms. The van der Waals surface area contributed by atoms with Gasteiger partial charge in [-0.05, 0) is 48.1 Å². The van der Waals surface area contributed by atoms with Crippen molar-refractivity contribution in [1.82, 2.24) is 5.32 Å². The normalized spacial score (nSPS) is 10.0. The molecule has 0 aliphatic carbocycles. The number of anilines is 1. The Morgan fingerprint density at radius 3 is 2.57 bits per heavy atom. The maximum atomic E-state index is 13.7. The van der Waals surface area contributed by atoms with Crippen molar-refractivity contribution in [1.29, 1.82) is 0 Å². The first kappa shape index (κ1) is 15.7. The van der Waals surface area contributed by atoms with E-state index in [1.54, 1.807) is 19.2 Å². The predicted octanol–water partition coefficient (Wildman–Crippen LogP) is 4.08. The zero-order chi connectivity index (χ0) is 15.2. The predicted molar refractivity (Wildman–Crippen MR) is 90.2 cm³/mol. The van der Waals surface area contributed by atoms with Gasteiger partial charge in [-0.1, -0.05) is 28.1 Å². The molecule has 0 radical (unpaired) electrons. The Labute approximate surface area is 136 Å². The maximum absolute atomic E-state index is 13.7. The van der Waals surface area contributed by atoms with Crippen LogP contribution in [0.4, 0.5) is 10.1 Å². The summed E-state index contributed by atoms with van der Waals surface area (Å²) in [5.74, 6) is 0.439. The molecular weight excluding hydrogens is 355 g/mol. The molecule has 0 atom stereocenters. The van der Waals surface area contributed by atoms with Crippen LogP contribution in [0.15, 0.2) is 46.9 Å². The molecule has 2 aromatic carbocycles. The standard InChI is InChI=1S/C15H14BrFN2OS/c1-20-12-5-2-10(3-6-12)9-18-15(21)19-14-7-4-11(16)8-13(14)17/h2-8H,9H2,1H3,(H2,18,19,21). The van der Waals surface area contributed by atoms with Crippen molar-refractivity contribution in [3.8, 4) is 5.75 Å². The average Bonchev–Trinajstić information content (AvgIpc) is 2.48. The third-order valence-corrected chi connectivity index (χ3v) is 3.53. The van der Waals surface area contributed by atoms with Gasteiger partial charge in [-0.15, -0.1) is 0 Å². The minimum Gasteiger partial charge on any atom is -0.497 e. The van der Waals surface area contributed by atoms with E-state index < -0.39 is 0 Å². The number of ether oxygens (including phenoxy) is 1. The molecule has 0 amide bonds. The lowest BCUT2D eigenvalue weighted by molar-refractivity contribution is 0.414. The van der Waals surface area contributed by atoms with Crippen LogP contribution in [0.25, 0.3) is 0 Å². The van der Waals surface area contributed by atoms with Crippen LogP contribution in [0.3, 0.4) is 0 Å². The van der Waals surface area contributed by atoms with Crippen LogP contribution < -0.4 is 15.4 Å². The van der Waals surface area contributed by atoms with E-state index in [9.17, 15) is 4.39 Å². The Morgan fingerprint density at radius 1 is 1.24 bits per heavy atom. The molecule has 0 aliphatic rings. The topological polar surface area (TPSA) is 33.3 Å². The second-order valence-electron chi connectivity index (χ2n) is 4.28. The highest BCUT2D eigenvalue weighted by molar-refractivity contribution is 9.10. The van der Waals surface area contributed by atoms with Gasteiger partial charge in [-0.25, -0.2) is 4.39 Å². The van der Waals surface area contributed by atoms with Gasteiger partial charge < -0.3 is 15.4 Å². The second-order valence-corrected chi connectivity index (χ2v) is 5.60. The van der Waals surface area contributed by atoms with E-state index in [0.717, 1.165) is 11.3 Å². The molecule has 2 aromatic rings. The largest absolute Gasteiger partial charge is 0.497 e. The smallest absolute Gasteiger partial charge is 0.171 e. The van der Waals surface area contributed by atoms with Gasteiger partial charge in [0.2, 0.25) is 0 Å². The molecule has 2 rings (SSSR count). The van der Waals surface area contributed by atoms with Gasteiger partial charge in [0.1, 0.15) is 11.6 Å². The zero-order valence-corrected chi connectivity index (χ0v) is 13.7. The fraction of sp³-hybridized carbons (Fsp3) is 0.133. The number of hydrogen-bond acceptors (Lipinski definition) is 2. The van der Waals surface area contributed by atoms with Crippen LogP contribution in [0.2, 0.25) is 0 Å². The zero-order valence-electron chi connectivity index (χ0n) is 11.3. The SMILES string of the molecule is COc1ccc(CNC(=S)Nc2ccc(Br)cc2F)cc1. The van der Waals surface area contributed by atoms with Crippen molar-refractivity contribution in [3.05, 3.63) is 58.3 Å². The van der Waals surface area contributed by atoms with Crippen LogP contribution in [-0.2, 0) is 6.54 Å². The summed E-state index contributed by atoms with van der Waals surface area (Å²) in [5, 5.41) is 6.23. The number of rotatable bonds is 4. The lowest BCUT2D eigenvalue weighted by Gasteiger charge is -2.11. The first-order valence-electron chi connectivity index (χ1n) is 6.21. The molecule has 2 N–H and O–H groups in total. The summed E-state index contributed by atoms with van der Waals surface area (Å²) >= 11 is 8.36. The van der Waals surface area contributed by atoms with Crippen molar-refractivity contribution >= 4 is 38.9 Å². The summed E-state index contributed by atoms with van der Waals surface area (Å²) in [6.07, 6.45) is 0. The van der Waals surface area contributed by atoms with Crippen molar-refractivity contribution < 1.29 is 9.13 Å². The highest BCUT2D eigenvalue weighted by Crippen LogP contribution is 2.19. The first-order valence-corrected chi connectivity index (χ1v) is 7.41. The third kappa shape index (κ3) is 4.68. The Balaban J connectivity index is 1.89. The molecule has 21 heavy (non-hydrogen) atoms. The van der Waals surface area contributed by atoms with E-state index in [1.807, 2.05) is 24.3 Å². The van der Waals surface area contributed by atoms with E-state index in [0.29, 0.717) is 21.8 Å². The highest BCUT2D eigenvalue weighted by Gasteiger charge is 2.04. The fourth-order valence-electron chi connectivity index (χ4n) is 1.68. The summed E-state index contributed by atoms with van der Waals surface area (Å²) in [6, 6.07) is 12.4. The minimum absolute atomic E-state index is 0.338. The number of hydrogen-bond donors (Lipinski definition) is 2. The van der Waals surface area contributed by atoms with Crippen LogP contribution in [0.1, 0.15) is 5.56 Å². The van der Waals surface area contributed by atoms with E-state index in [1.165, 1.54) is 6.07 Å². The maximum Gasteiger partial charge on any atom is 0.171 e. The lowest BCUT2D eigenvalue weighted by atomic mass is 10.2. The van der Waals surface area contributed by atoms with Crippen LogP contribution in [-0.4, -0.2) is 12.2 Å². The molecule has 0 aromatic heterocycles. The van der Waals surface area contributed by atoms with E-state index >= 15 is 0 Å². The summed E-state index contributed by atoms with van der Waals surface area (Å²) in [7, 11) is 1.62. The van der Waals surface area contributed by atoms with Crippen LogP contribution in [0, 0.1) is 5.82 Å². The Kier molecular flexibility index (Phi) is 5.52. The van der Waals surface area contributed by atoms with Crippen molar-refractivity contribution in [2.24, 2.45) is 0 Å². The second kappa shape index (κ2) is 7.38. The molecule has 0 heterocycles. The Hall–Kier alpha value is -1.66. The molecule has 0 saturated heterocycles. The van der Waals surface area contributed by atoms with Gasteiger partial charge in [0.05, 0.1) is 12.8 Å². The number of methoxy groups -OCH3 is 1. The van der Waals surface area contributed by atoms with Gasteiger partial charge in [-0.2, -0.15) is 0 Å². The van der Waals surface area contributed by atoms with Crippen molar-refractivity contribution in [2.75, 3.05) is 12.4 Å². The van der Waals surface area contributed by atoms with Gasteiger partial charge >= 0.3 is 0 Å². The molecule has 0 unspecified atom stereocenters. The summed E-state index contributed by atoms with van der Waals surface area (Å²) in [4.78, 5) is 0. The van der Waals surface area contributed by atoms with Crippen LogP contribution >= 0.6 is 28.1 Å². The average molecular weight is 369 g/mol. The highest BCUT2D eigenvalue weighted by atomic mass is 79.9. The van der Waals surface area contributed by atoms with E-state index in [4.69, 9.17) is 17.0 Å². The minimum atomic E-state index is -0.363. The summed E-state index contributed by atoms with van der Waals surface area (Å²) in [6.45, 7) is 0.550. The Bertz CT molecular complexity index is 634. The van der Waals surface area contributed by atoms with Crippen molar-refractivity contribution in [3.63, 3.8) is 0 Å². The third-order valence-electron chi connectivity index (χ3n) is 2.79. The van der Waals surface area contributed by atoms with Crippen LogP contribution in [0.5, 0.6) is 5.75 Å². The van der Waals surface area contributed by atoms with Gasteiger partial charge in [0.15, 0.2) is 5.11 Å². The molecule has 0 saturated carbocycles. The summed E-state index contributed by atoms with van der Waals surface area (Å²) < 4.78 is 19.4. The van der Waals surface area contributed by atoms with Gasteiger partial charge in [0, 0.05) is 11.0 Å². The summed E-state index contributed by atoms with van der Waals surface area (Å²) in [5.41, 5.74) is 1.39. The van der Waals surface area contributed by atoms with Crippen molar-refractivity contribution in [2.45, 2.75) is 6.54 Å². The molecular formula is C15H14BrFN2OS. The molecule has 0 aliphatic heterocycles. The monoisotopic (exact) mass is 368 g/mol. The molecule has 0 spiro atoms. The van der Waals surface area contributed by atoms with E-state index in [2.05, 4.69) is 26.6 Å². The number of benzene rings is 2. The van der Waals surface area contributed by atoms with Gasteiger partial charge in [-0.3, -0.25) is 0 Å². The first-order chi connectivity index (χ1) is 10.1. The fourth-order valence-corrected chi connectivity index (χ4v) is 2.20. The number of halogens is 2. The molecule has 110 valence electrons. The number of nitrogens with one attached hydrogen (secondary N) is 2. The van der Waals surface area contributed by atoms with Gasteiger partial charge in [0.25, 0.3) is 0 Å². The lowest BCUT2D eigenvalue weighted by Crippen LogP contribution is -2.28.